The molecule has 5 fully saturated rings. The summed E-state index contributed by atoms with van der Waals surface area (Å²) in [6.45, 7) is 6.12. The van der Waals surface area contributed by atoms with Gasteiger partial charge in [-0.15, -0.1) is 11.6 Å². The molecule has 0 aromatic rings. The van der Waals surface area contributed by atoms with Crippen LogP contribution in [0, 0.1) is 11.8 Å². The summed E-state index contributed by atoms with van der Waals surface area (Å²) in [6.07, 6.45) is 4.35. The molecule has 3 unspecified atom stereocenters. The van der Waals surface area contributed by atoms with E-state index < -0.39 is 31.1 Å². The number of hydrogen-bond donors (Lipinski definition) is 6. The zero-order valence-corrected chi connectivity index (χ0v) is 27.5. The lowest BCUT2D eigenvalue weighted by atomic mass is 9.75. The van der Waals surface area contributed by atoms with E-state index in [-0.39, 0.29) is 48.1 Å². The number of alkyl halides is 2. The Morgan fingerprint density at radius 2 is 1.67 bits per heavy atom. The molecule has 1 spiro atoms. The van der Waals surface area contributed by atoms with Gasteiger partial charge in [0.25, 0.3) is 0 Å². The van der Waals surface area contributed by atoms with E-state index in [1.807, 2.05) is 4.90 Å². The monoisotopic (exact) mass is 661 g/mol. The Bertz CT molecular complexity index is 918. The van der Waals surface area contributed by atoms with Crippen LogP contribution in [-0.2, 0) is 9.53 Å². The van der Waals surface area contributed by atoms with Gasteiger partial charge in [-0.25, -0.2) is 4.39 Å². The summed E-state index contributed by atoms with van der Waals surface area (Å²) in [7, 11) is 0. The van der Waals surface area contributed by atoms with Gasteiger partial charge in [0.2, 0.25) is 5.91 Å². The molecular weight excluding hydrogens is 605 g/mol. The Morgan fingerprint density at radius 3 is 2.29 bits per heavy atom. The van der Waals surface area contributed by atoms with Gasteiger partial charge in [-0.05, 0) is 69.6 Å². The second-order valence-corrected chi connectivity index (χ2v) is 15.0. The minimum atomic E-state index is -1.40. The fourth-order valence-corrected chi connectivity index (χ4v) is 8.37. The average molecular weight is 662 g/mol. The molecule has 11 nitrogen and oxygen atoms in total. The van der Waals surface area contributed by atoms with Crippen LogP contribution < -0.4 is 10.6 Å². The molecule has 4 aliphatic heterocycles. The van der Waals surface area contributed by atoms with E-state index >= 15 is 4.39 Å². The number of carbonyl (C=O) groups is 1. The maximum atomic E-state index is 15.2. The van der Waals surface area contributed by atoms with Gasteiger partial charge in [0, 0.05) is 77.3 Å². The zero-order chi connectivity index (χ0) is 32.0. The number of piperidine rings is 2. The lowest BCUT2D eigenvalue weighted by Crippen LogP contribution is -2.66. The van der Waals surface area contributed by atoms with Gasteiger partial charge in [0.15, 0.2) is 0 Å². The molecule has 1 amide bonds. The number of ether oxygens (including phenoxy) is 1. The molecule has 1 aliphatic carbocycles. The molecule has 13 heteroatoms. The minimum absolute atomic E-state index is 0.0219. The molecule has 6 atom stereocenters. The fraction of sp³-hybridized carbons (Fsp3) is 0.969. The molecule has 45 heavy (non-hydrogen) atoms. The highest BCUT2D eigenvalue weighted by Gasteiger charge is 2.48. The first-order chi connectivity index (χ1) is 21.7. The van der Waals surface area contributed by atoms with E-state index in [0.717, 1.165) is 71.2 Å². The molecule has 0 aromatic carbocycles. The third-order valence-electron chi connectivity index (χ3n) is 11.4. The molecule has 0 aromatic heterocycles. The standard InChI is InChI=1S/C32H57ClFN5O6/c33-24-18-35-31(36-19-24)38-10-5-22(6-11-38)2-1-15-45-25-4-3-23(26(34)17-25)16-29(43)37-12-7-32(8-13-37)9-14-39(32)20-27(41)30(44)28(42)21-40/h22-28,30-31,35-36,40-42,44H,1-21H2/t23?,24?,25?,26?,27-,28+,30-,31?/m0/s1. The van der Waals surface area contributed by atoms with Gasteiger partial charge < -0.3 is 30.1 Å². The Morgan fingerprint density at radius 1 is 0.978 bits per heavy atom. The molecule has 5 aliphatic rings. The number of aliphatic hydroxyl groups excluding tert-OH is 4. The molecule has 260 valence electrons. The van der Waals surface area contributed by atoms with Gasteiger partial charge in [-0.1, -0.05) is 0 Å². The van der Waals surface area contributed by atoms with Crippen molar-refractivity contribution in [3.8, 4) is 0 Å². The van der Waals surface area contributed by atoms with E-state index in [2.05, 4.69) is 20.4 Å². The average Bonchev–Trinajstić information content (AvgIpc) is 3.06. The number of rotatable bonds is 13. The number of aliphatic hydroxyl groups is 4. The van der Waals surface area contributed by atoms with Crippen LogP contribution in [0.3, 0.4) is 0 Å². The van der Waals surface area contributed by atoms with Crippen molar-refractivity contribution < 1.29 is 34.3 Å². The number of likely N-dealkylation sites (tertiary alicyclic amines) is 3. The molecule has 4 heterocycles. The van der Waals surface area contributed by atoms with Crippen molar-refractivity contribution >= 4 is 17.5 Å². The highest BCUT2D eigenvalue weighted by atomic mass is 35.5. The normalized spacial score (nSPS) is 33.9. The largest absolute Gasteiger partial charge is 0.394 e. The van der Waals surface area contributed by atoms with E-state index in [1.165, 1.54) is 12.8 Å². The maximum absolute atomic E-state index is 15.2. The summed E-state index contributed by atoms with van der Waals surface area (Å²) in [6, 6.07) is 0. The van der Waals surface area contributed by atoms with Crippen LogP contribution in [0.4, 0.5) is 4.39 Å². The Hall–Kier alpha value is -0.670. The summed E-state index contributed by atoms with van der Waals surface area (Å²) in [4.78, 5) is 19.6. The minimum Gasteiger partial charge on any atom is -0.394 e. The summed E-state index contributed by atoms with van der Waals surface area (Å²) >= 11 is 6.17. The zero-order valence-electron chi connectivity index (χ0n) is 26.7. The number of halogens is 2. The van der Waals surface area contributed by atoms with Crippen molar-refractivity contribution in [2.45, 2.75) is 118 Å². The first-order valence-corrected chi connectivity index (χ1v) is 17.9. The second-order valence-electron chi connectivity index (χ2n) is 14.3. The predicted molar refractivity (Wildman–Crippen MR) is 169 cm³/mol. The lowest BCUT2D eigenvalue weighted by molar-refractivity contribution is -0.143. The van der Waals surface area contributed by atoms with Gasteiger partial charge in [-0.2, -0.15) is 0 Å². The number of nitrogens with zero attached hydrogens (tertiary/aromatic N) is 3. The molecular formula is C32H57ClFN5O6. The van der Waals surface area contributed by atoms with Crippen molar-refractivity contribution in [2.24, 2.45) is 11.8 Å². The Balaban J connectivity index is 0.932. The van der Waals surface area contributed by atoms with Crippen molar-refractivity contribution in [1.82, 2.24) is 25.3 Å². The molecule has 6 N–H and O–H groups in total. The van der Waals surface area contributed by atoms with Crippen LogP contribution in [-0.4, -0.2) is 154 Å². The molecule has 5 rings (SSSR count). The highest BCUT2D eigenvalue weighted by molar-refractivity contribution is 6.21. The Labute approximate surface area is 272 Å². The van der Waals surface area contributed by atoms with Crippen LogP contribution in [0.1, 0.15) is 70.6 Å². The van der Waals surface area contributed by atoms with Crippen LogP contribution in [0.25, 0.3) is 0 Å². The van der Waals surface area contributed by atoms with Gasteiger partial charge >= 0.3 is 0 Å². The van der Waals surface area contributed by atoms with Crippen LogP contribution in [0.15, 0.2) is 0 Å². The molecule has 0 radical (unpaired) electrons. The van der Waals surface area contributed by atoms with Gasteiger partial charge in [-0.3, -0.25) is 25.2 Å². The van der Waals surface area contributed by atoms with E-state index in [9.17, 15) is 20.1 Å². The van der Waals surface area contributed by atoms with Crippen LogP contribution in [0.2, 0.25) is 0 Å². The SMILES string of the molecule is O=C(CC1CCC(OCCCC2CCN(C3NCC(Cl)CN3)CC2)CC1F)N1CCC2(CC1)CCN2C[C@H](O)[C@H](O)[C@H](O)CO. The summed E-state index contributed by atoms with van der Waals surface area (Å²) in [5, 5.41) is 46.1. The third-order valence-corrected chi connectivity index (χ3v) is 11.7. The van der Waals surface area contributed by atoms with Crippen molar-refractivity contribution in [2.75, 3.05) is 65.6 Å². The van der Waals surface area contributed by atoms with Gasteiger partial charge in [0.05, 0.1) is 24.2 Å². The highest BCUT2D eigenvalue weighted by Crippen LogP contribution is 2.41. The maximum Gasteiger partial charge on any atom is 0.222 e. The molecule has 4 saturated heterocycles. The lowest BCUT2D eigenvalue weighted by Gasteiger charge is -2.57. The van der Waals surface area contributed by atoms with E-state index in [0.29, 0.717) is 38.5 Å². The van der Waals surface area contributed by atoms with Crippen LogP contribution >= 0.6 is 11.6 Å². The van der Waals surface area contributed by atoms with E-state index in [4.69, 9.17) is 21.4 Å². The number of nitrogens with one attached hydrogen (secondary N) is 2. The van der Waals surface area contributed by atoms with Crippen molar-refractivity contribution in [3.63, 3.8) is 0 Å². The summed E-state index contributed by atoms with van der Waals surface area (Å²) in [5.74, 6) is 0.484. The van der Waals surface area contributed by atoms with Crippen molar-refractivity contribution in [3.05, 3.63) is 0 Å². The quantitative estimate of drug-likeness (QED) is 0.123. The number of hydrogen-bond acceptors (Lipinski definition) is 10. The summed E-state index contributed by atoms with van der Waals surface area (Å²) in [5.41, 5.74) is -0.115. The number of amides is 1. The second kappa shape index (κ2) is 16.6. The number of carbonyl (C=O) groups excluding carboxylic acids is 1. The molecule has 1 saturated carbocycles. The first kappa shape index (κ1) is 35.6. The first-order valence-electron chi connectivity index (χ1n) is 17.5. The van der Waals surface area contributed by atoms with E-state index in [1.54, 1.807) is 0 Å². The fourth-order valence-electron chi connectivity index (χ4n) is 8.19. The van der Waals surface area contributed by atoms with Gasteiger partial charge in [0.1, 0.15) is 24.7 Å². The number of β-amino-alcohol motifs (C(OH)–C–C–N with tert-alkyl or cyclic N) is 1. The Kier molecular flexibility index (Phi) is 13.2. The van der Waals surface area contributed by atoms with Crippen molar-refractivity contribution in [1.29, 1.82) is 0 Å². The topological polar surface area (TPSA) is 141 Å². The molecule has 0 bridgehead atoms. The summed E-state index contributed by atoms with van der Waals surface area (Å²) < 4.78 is 21.3. The van der Waals surface area contributed by atoms with Crippen LogP contribution in [0.5, 0.6) is 0 Å². The third kappa shape index (κ3) is 9.28. The predicted octanol–water partition coefficient (Wildman–Crippen LogP) is 0.618. The smallest absolute Gasteiger partial charge is 0.222 e.